The molecule has 6 nitrogen and oxygen atoms in total. The molecule has 2 N–H and O–H groups in total. The molecule has 140 valence electrons. The summed E-state index contributed by atoms with van der Waals surface area (Å²) in [5.74, 6) is -0.262. The SMILES string of the molecule is CCOC(=O)c1c(C)[nH]c(C(=O)Nc2ccc(OC(C)C)c(Cl)c2)c1C. The third kappa shape index (κ3) is 4.38. The molecule has 7 heteroatoms. The fourth-order valence-electron chi connectivity index (χ4n) is 2.61. The molecule has 0 fully saturated rings. The molecule has 0 unspecified atom stereocenters. The number of aromatic nitrogens is 1. The maximum absolute atomic E-state index is 12.6. The number of H-pyrrole nitrogens is 1. The van der Waals surface area contributed by atoms with Crippen molar-refractivity contribution in [2.75, 3.05) is 11.9 Å². The number of esters is 1. The summed E-state index contributed by atoms with van der Waals surface area (Å²) in [4.78, 5) is 27.6. The van der Waals surface area contributed by atoms with E-state index in [9.17, 15) is 9.59 Å². The van der Waals surface area contributed by atoms with Crippen molar-refractivity contribution in [3.05, 3.63) is 45.7 Å². The Morgan fingerprint density at radius 1 is 1.27 bits per heavy atom. The molecule has 0 saturated carbocycles. The van der Waals surface area contributed by atoms with E-state index in [4.69, 9.17) is 21.1 Å². The summed E-state index contributed by atoms with van der Waals surface area (Å²) in [7, 11) is 0. The Hall–Kier alpha value is -2.47. The van der Waals surface area contributed by atoms with E-state index < -0.39 is 5.97 Å². The van der Waals surface area contributed by atoms with Crippen LogP contribution in [-0.2, 0) is 4.74 Å². The molecule has 1 aromatic carbocycles. The van der Waals surface area contributed by atoms with Crippen LogP contribution in [0.1, 0.15) is 52.9 Å². The van der Waals surface area contributed by atoms with Gasteiger partial charge in [-0.15, -0.1) is 0 Å². The predicted octanol–water partition coefficient (Wildman–Crippen LogP) is 4.50. The van der Waals surface area contributed by atoms with Crippen molar-refractivity contribution in [2.24, 2.45) is 0 Å². The zero-order chi connectivity index (χ0) is 19.4. The van der Waals surface area contributed by atoms with Crippen LogP contribution in [0.25, 0.3) is 0 Å². The van der Waals surface area contributed by atoms with Crippen LogP contribution < -0.4 is 10.1 Å². The van der Waals surface area contributed by atoms with Gasteiger partial charge in [0.05, 0.1) is 23.3 Å². The van der Waals surface area contributed by atoms with Gasteiger partial charge < -0.3 is 19.8 Å². The third-order valence-electron chi connectivity index (χ3n) is 3.70. The highest BCUT2D eigenvalue weighted by atomic mass is 35.5. The van der Waals surface area contributed by atoms with Crippen LogP contribution in [0.4, 0.5) is 5.69 Å². The maximum Gasteiger partial charge on any atom is 0.340 e. The summed E-state index contributed by atoms with van der Waals surface area (Å²) in [6.07, 6.45) is -0.00113. The van der Waals surface area contributed by atoms with E-state index in [0.29, 0.717) is 39.0 Å². The average Bonchev–Trinajstić information content (AvgIpc) is 2.84. The van der Waals surface area contributed by atoms with Crippen LogP contribution in [0.15, 0.2) is 18.2 Å². The van der Waals surface area contributed by atoms with E-state index in [1.807, 2.05) is 13.8 Å². The number of amides is 1. The van der Waals surface area contributed by atoms with Gasteiger partial charge in [0.15, 0.2) is 0 Å². The van der Waals surface area contributed by atoms with Gasteiger partial charge in [0.25, 0.3) is 5.91 Å². The Bertz CT molecular complexity index is 827. The molecule has 2 rings (SSSR count). The van der Waals surface area contributed by atoms with Crippen molar-refractivity contribution < 1.29 is 19.1 Å². The van der Waals surface area contributed by atoms with Crippen LogP contribution in [-0.4, -0.2) is 29.6 Å². The van der Waals surface area contributed by atoms with Gasteiger partial charge in [0, 0.05) is 11.4 Å². The lowest BCUT2D eigenvalue weighted by Crippen LogP contribution is -2.14. The number of carbonyl (C=O) groups is 2. The summed E-state index contributed by atoms with van der Waals surface area (Å²) < 4.78 is 10.6. The first-order valence-corrected chi connectivity index (χ1v) is 8.76. The van der Waals surface area contributed by atoms with E-state index >= 15 is 0 Å². The second-order valence-electron chi connectivity index (χ2n) is 6.11. The lowest BCUT2D eigenvalue weighted by atomic mass is 10.1. The number of hydrogen-bond donors (Lipinski definition) is 2. The number of ether oxygens (including phenoxy) is 2. The predicted molar refractivity (Wildman–Crippen MR) is 101 cm³/mol. The second-order valence-corrected chi connectivity index (χ2v) is 6.52. The molecular weight excluding hydrogens is 356 g/mol. The zero-order valence-electron chi connectivity index (χ0n) is 15.5. The Morgan fingerprint density at radius 3 is 2.54 bits per heavy atom. The largest absolute Gasteiger partial charge is 0.489 e. The minimum Gasteiger partial charge on any atom is -0.489 e. The van der Waals surface area contributed by atoms with Crippen molar-refractivity contribution in [2.45, 2.75) is 40.7 Å². The standard InChI is InChI=1S/C19H23ClN2O4/c1-6-25-19(24)16-11(4)17(21-12(16)5)18(23)22-13-7-8-15(14(20)9-13)26-10(2)3/h7-10,21H,6H2,1-5H3,(H,22,23). The maximum atomic E-state index is 12.6. The first kappa shape index (κ1) is 19.8. The van der Waals surface area contributed by atoms with Gasteiger partial charge in [0.1, 0.15) is 11.4 Å². The zero-order valence-corrected chi connectivity index (χ0v) is 16.3. The van der Waals surface area contributed by atoms with E-state index in [2.05, 4.69) is 10.3 Å². The molecule has 1 aromatic heterocycles. The summed E-state index contributed by atoms with van der Waals surface area (Å²) in [5.41, 5.74) is 2.36. The molecule has 0 bridgehead atoms. The minimum atomic E-state index is -0.448. The van der Waals surface area contributed by atoms with Crippen molar-refractivity contribution in [1.29, 1.82) is 0 Å². The number of halogens is 1. The molecule has 1 amide bonds. The van der Waals surface area contributed by atoms with Gasteiger partial charge in [-0.2, -0.15) is 0 Å². The van der Waals surface area contributed by atoms with Gasteiger partial charge in [0.2, 0.25) is 0 Å². The quantitative estimate of drug-likeness (QED) is 0.725. The van der Waals surface area contributed by atoms with Gasteiger partial charge in [-0.1, -0.05) is 11.6 Å². The number of rotatable bonds is 6. The fraction of sp³-hybridized carbons (Fsp3) is 0.368. The summed E-state index contributed by atoms with van der Waals surface area (Å²) in [6, 6.07) is 5.03. The molecule has 2 aromatic rings. The van der Waals surface area contributed by atoms with Crippen molar-refractivity contribution in [1.82, 2.24) is 4.98 Å². The van der Waals surface area contributed by atoms with Crippen molar-refractivity contribution >= 4 is 29.2 Å². The number of anilines is 1. The number of hydrogen-bond acceptors (Lipinski definition) is 4. The Morgan fingerprint density at radius 2 is 1.96 bits per heavy atom. The van der Waals surface area contributed by atoms with Crippen LogP contribution in [0.3, 0.4) is 0 Å². The van der Waals surface area contributed by atoms with Gasteiger partial charge in [-0.05, 0) is 58.4 Å². The van der Waals surface area contributed by atoms with Crippen molar-refractivity contribution in [3.63, 3.8) is 0 Å². The molecule has 0 aliphatic rings. The average molecular weight is 379 g/mol. The topological polar surface area (TPSA) is 80.4 Å². The normalized spacial score (nSPS) is 10.7. The highest BCUT2D eigenvalue weighted by Crippen LogP contribution is 2.29. The summed E-state index contributed by atoms with van der Waals surface area (Å²) in [5, 5.41) is 3.18. The third-order valence-corrected chi connectivity index (χ3v) is 3.99. The van der Waals surface area contributed by atoms with E-state index in [1.165, 1.54) is 0 Å². The number of benzene rings is 1. The Labute approximate surface area is 157 Å². The van der Waals surface area contributed by atoms with Crippen LogP contribution in [0.5, 0.6) is 5.75 Å². The Balaban J connectivity index is 2.22. The van der Waals surface area contributed by atoms with E-state index in [0.717, 1.165) is 0 Å². The first-order valence-electron chi connectivity index (χ1n) is 8.38. The van der Waals surface area contributed by atoms with Crippen LogP contribution >= 0.6 is 11.6 Å². The number of aromatic amines is 1. The highest BCUT2D eigenvalue weighted by Gasteiger charge is 2.23. The van der Waals surface area contributed by atoms with Gasteiger partial charge in [-0.25, -0.2) is 4.79 Å². The molecule has 0 saturated heterocycles. The van der Waals surface area contributed by atoms with E-state index in [1.54, 1.807) is 39.0 Å². The monoisotopic (exact) mass is 378 g/mol. The highest BCUT2D eigenvalue weighted by molar-refractivity contribution is 6.32. The molecule has 0 atom stereocenters. The van der Waals surface area contributed by atoms with Crippen molar-refractivity contribution in [3.8, 4) is 5.75 Å². The van der Waals surface area contributed by atoms with Gasteiger partial charge >= 0.3 is 5.97 Å². The summed E-state index contributed by atoms with van der Waals surface area (Å²) >= 11 is 6.19. The summed E-state index contributed by atoms with van der Waals surface area (Å²) in [6.45, 7) is 9.25. The Kier molecular flexibility index (Phi) is 6.32. The van der Waals surface area contributed by atoms with E-state index in [-0.39, 0.29) is 18.6 Å². The van der Waals surface area contributed by atoms with Gasteiger partial charge in [-0.3, -0.25) is 4.79 Å². The molecule has 0 aliphatic carbocycles. The second kappa shape index (κ2) is 8.27. The van der Waals surface area contributed by atoms with Crippen LogP contribution in [0, 0.1) is 13.8 Å². The minimum absolute atomic E-state index is 0.00113. The molecule has 0 radical (unpaired) electrons. The molecule has 26 heavy (non-hydrogen) atoms. The molecular formula is C19H23ClN2O4. The number of carbonyl (C=O) groups excluding carboxylic acids is 2. The number of aryl methyl sites for hydroxylation is 1. The lowest BCUT2D eigenvalue weighted by Gasteiger charge is -2.12. The number of nitrogens with one attached hydrogen (secondary N) is 2. The smallest absolute Gasteiger partial charge is 0.340 e. The van der Waals surface area contributed by atoms with Crippen LogP contribution in [0.2, 0.25) is 5.02 Å². The molecule has 0 aliphatic heterocycles. The first-order chi connectivity index (χ1) is 12.2. The molecule has 1 heterocycles. The molecule has 0 spiro atoms. The lowest BCUT2D eigenvalue weighted by molar-refractivity contribution is 0.0525. The fourth-order valence-corrected chi connectivity index (χ4v) is 2.83.